The number of nitrogens with zero attached hydrogens (tertiary/aromatic N) is 2. The second kappa shape index (κ2) is 4.72. The Morgan fingerprint density at radius 3 is 2.60 bits per heavy atom. The third-order valence-electron chi connectivity index (χ3n) is 2.57. The number of carboxylic acid groups (broad SMARTS) is 1. The maximum absolute atomic E-state index is 11.2. The largest absolute Gasteiger partial charge is 0.480 e. The molecule has 0 aromatic carbocycles. The molecule has 0 aliphatic rings. The van der Waals surface area contributed by atoms with Gasteiger partial charge in [-0.15, -0.1) is 0 Å². The van der Waals surface area contributed by atoms with Crippen molar-refractivity contribution >= 4 is 11.8 Å². The summed E-state index contributed by atoms with van der Waals surface area (Å²) in [5.74, 6) is -0.317. The second-order valence-electron chi connectivity index (χ2n) is 3.31. The number of carbonyl (C=O) groups is 1. The Morgan fingerprint density at radius 2 is 2.20 bits per heavy atom. The Kier molecular flexibility index (Phi) is 3.60. The van der Waals surface area contributed by atoms with Crippen molar-refractivity contribution in [1.29, 1.82) is 0 Å². The average molecular weight is 209 g/mol. The molecular weight excluding hydrogens is 194 g/mol. The summed E-state index contributed by atoms with van der Waals surface area (Å²) in [5, 5.41) is 12.1. The van der Waals surface area contributed by atoms with Crippen LogP contribution >= 0.6 is 0 Å². The van der Waals surface area contributed by atoms with E-state index in [2.05, 4.69) is 15.3 Å². The van der Waals surface area contributed by atoms with Crippen molar-refractivity contribution < 1.29 is 9.90 Å². The zero-order valence-electron chi connectivity index (χ0n) is 8.90. The first-order valence-corrected chi connectivity index (χ1v) is 4.92. The van der Waals surface area contributed by atoms with Gasteiger partial charge in [0, 0.05) is 6.20 Å². The Morgan fingerprint density at radius 1 is 1.53 bits per heavy atom. The van der Waals surface area contributed by atoms with Crippen molar-refractivity contribution in [3.05, 3.63) is 18.6 Å². The zero-order chi connectivity index (χ0) is 11.3. The lowest BCUT2D eigenvalue weighted by Gasteiger charge is -2.28. The summed E-state index contributed by atoms with van der Waals surface area (Å²) in [6.07, 6.45) is 3.97. The van der Waals surface area contributed by atoms with Crippen molar-refractivity contribution in [2.45, 2.75) is 32.2 Å². The molecule has 15 heavy (non-hydrogen) atoms. The number of aliphatic carboxylic acids is 1. The van der Waals surface area contributed by atoms with Crippen molar-refractivity contribution in [3.8, 4) is 0 Å². The third kappa shape index (κ3) is 2.43. The number of hydrogen-bond donors (Lipinski definition) is 2. The fraction of sp³-hybridized carbons (Fsp3) is 0.500. The molecule has 0 spiro atoms. The van der Waals surface area contributed by atoms with Crippen molar-refractivity contribution in [2.75, 3.05) is 5.32 Å². The van der Waals surface area contributed by atoms with Gasteiger partial charge < -0.3 is 10.4 Å². The summed E-state index contributed by atoms with van der Waals surface area (Å²) in [6, 6.07) is 1.66. The highest BCUT2D eigenvalue weighted by Crippen LogP contribution is 2.20. The normalized spacial score (nSPS) is 11.1. The molecule has 0 atom stereocenters. The van der Waals surface area contributed by atoms with Crippen LogP contribution in [0.2, 0.25) is 0 Å². The standard InChI is InChI=1S/C10H15N3O2/c1-3-10(4-2,9(14)15)13-8-5-6-11-7-12-8/h5-7H,3-4H2,1-2H3,(H,14,15)(H,11,12,13). The van der Waals surface area contributed by atoms with Crippen LogP contribution in [0.1, 0.15) is 26.7 Å². The van der Waals surface area contributed by atoms with Gasteiger partial charge in [-0.3, -0.25) is 0 Å². The highest BCUT2D eigenvalue weighted by atomic mass is 16.4. The van der Waals surface area contributed by atoms with E-state index in [0.717, 1.165) is 0 Å². The predicted molar refractivity (Wildman–Crippen MR) is 56.6 cm³/mol. The fourth-order valence-electron chi connectivity index (χ4n) is 1.39. The molecule has 0 radical (unpaired) electrons. The molecule has 1 heterocycles. The quantitative estimate of drug-likeness (QED) is 0.769. The van der Waals surface area contributed by atoms with Gasteiger partial charge in [0.15, 0.2) is 0 Å². The first-order chi connectivity index (χ1) is 7.14. The number of anilines is 1. The molecular formula is C10H15N3O2. The lowest BCUT2D eigenvalue weighted by atomic mass is 9.93. The summed E-state index contributed by atoms with van der Waals surface area (Å²) in [5.41, 5.74) is -0.936. The van der Waals surface area contributed by atoms with Crippen LogP contribution in [-0.2, 0) is 4.79 Å². The van der Waals surface area contributed by atoms with Gasteiger partial charge in [0.25, 0.3) is 0 Å². The van der Waals surface area contributed by atoms with Crippen molar-refractivity contribution in [2.24, 2.45) is 0 Å². The highest BCUT2D eigenvalue weighted by molar-refractivity contribution is 5.82. The van der Waals surface area contributed by atoms with Gasteiger partial charge in [-0.1, -0.05) is 13.8 Å². The minimum Gasteiger partial charge on any atom is -0.480 e. The molecule has 82 valence electrons. The number of nitrogens with one attached hydrogen (secondary N) is 1. The number of rotatable bonds is 5. The molecule has 5 heteroatoms. The first kappa shape index (κ1) is 11.4. The van der Waals surface area contributed by atoms with Gasteiger partial charge in [-0.2, -0.15) is 0 Å². The van der Waals surface area contributed by atoms with Gasteiger partial charge >= 0.3 is 5.97 Å². The van der Waals surface area contributed by atoms with Crippen LogP contribution in [0.25, 0.3) is 0 Å². The molecule has 1 aromatic rings. The van der Waals surface area contributed by atoms with Crippen LogP contribution in [0.4, 0.5) is 5.82 Å². The van der Waals surface area contributed by atoms with Gasteiger partial charge in [-0.25, -0.2) is 14.8 Å². The van der Waals surface area contributed by atoms with E-state index in [1.165, 1.54) is 6.33 Å². The molecule has 0 saturated carbocycles. The van der Waals surface area contributed by atoms with Gasteiger partial charge in [0.1, 0.15) is 17.7 Å². The van der Waals surface area contributed by atoms with E-state index < -0.39 is 11.5 Å². The number of hydrogen-bond acceptors (Lipinski definition) is 4. The minimum atomic E-state index is -0.936. The molecule has 0 amide bonds. The molecule has 0 fully saturated rings. The van der Waals surface area contributed by atoms with E-state index in [9.17, 15) is 9.90 Å². The second-order valence-corrected chi connectivity index (χ2v) is 3.31. The lowest BCUT2D eigenvalue weighted by Crippen LogP contribution is -2.45. The Hall–Kier alpha value is -1.65. The fourth-order valence-corrected chi connectivity index (χ4v) is 1.39. The lowest BCUT2D eigenvalue weighted by molar-refractivity contribution is -0.142. The van der Waals surface area contributed by atoms with E-state index in [-0.39, 0.29) is 0 Å². The van der Waals surface area contributed by atoms with Crippen LogP contribution < -0.4 is 5.32 Å². The summed E-state index contributed by atoms with van der Waals surface area (Å²) in [6.45, 7) is 3.68. The number of carboxylic acids is 1. The van der Waals surface area contributed by atoms with Crippen molar-refractivity contribution in [3.63, 3.8) is 0 Å². The maximum atomic E-state index is 11.2. The van der Waals surface area contributed by atoms with Gasteiger partial charge in [0.2, 0.25) is 0 Å². The van der Waals surface area contributed by atoms with E-state index in [0.29, 0.717) is 18.7 Å². The van der Waals surface area contributed by atoms with Crippen molar-refractivity contribution in [1.82, 2.24) is 9.97 Å². The molecule has 0 bridgehead atoms. The van der Waals surface area contributed by atoms with Crippen LogP contribution in [-0.4, -0.2) is 26.6 Å². The topological polar surface area (TPSA) is 75.1 Å². The molecule has 0 unspecified atom stereocenters. The smallest absolute Gasteiger partial charge is 0.329 e. The first-order valence-electron chi connectivity index (χ1n) is 4.92. The summed E-state index contributed by atoms with van der Waals surface area (Å²) >= 11 is 0. The molecule has 2 N–H and O–H groups in total. The third-order valence-corrected chi connectivity index (χ3v) is 2.57. The van der Waals surface area contributed by atoms with Crippen LogP contribution in [0.5, 0.6) is 0 Å². The Balaban J connectivity index is 2.89. The minimum absolute atomic E-state index is 0.503. The van der Waals surface area contributed by atoms with E-state index in [1.807, 2.05) is 13.8 Å². The van der Waals surface area contributed by atoms with E-state index in [4.69, 9.17) is 0 Å². The van der Waals surface area contributed by atoms with E-state index in [1.54, 1.807) is 12.3 Å². The summed E-state index contributed by atoms with van der Waals surface area (Å²) in [7, 11) is 0. The van der Waals surface area contributed by atoms with Crippen LogP contribution in [0.15, 0.2) is 18.6 Å². The van der Waals surface area contributed by atoms with E-state index >= 15 is 0 Å². The van der Waals surface area contributed by atoms with Gasteiger partial charge in [-0.05, 0) is 18.9 Å². The SMILES string of the molecule is CCC(CC)(Nc1ccncn1)C(=O)O. The predicted octanol–water partition coefficient (Wildman–Crippen LogP) is 1.53. The Bertz CT molecular complexity index is 323. The number of aromatic nitrogens is 2. The molecule has 5 nitrogen and oxygen atoms in total. The monoisotopic (exact) mass is 209 g/mol. The molecule has 0 aliphatic carbocycles. The van der Waals surface area contributed by atoms with Crippen LogP contribution in [0, 0.1) is 0 Å². The average Bonchev–Trinajstić information content (AvgIpc) is 2.27. The zero-order valence-corrected chi connectivity index (χ0v) is 8.90. The molecule has 1 aromatic heterocycles. The maximum Gasteiger partial charge on any atom is 0.329 e. The highest BCUT2D eigenvalue weighted by Gasteiger charge is 2.34. The molecule has 0 saturated heterocycles. The van der Waals surface area contributed by atoms with Crippen LogP contribution in [0.3, 0.4) is 0 Å². The summed E-state index contributed by atoms with van der Waals surface area (Å²) < 4.78 is 0. The summed E-state index contributed by atoms with van der Waals surface area (Å²) in [4.78, 5) is 18.9. The van der Waals surface area contributed by atoms with Gasteiger partial charge in [0.05, 0.1) is 0 Å². The molecule has 0 aliphatic heterocycles. The Labute approximate surface area is 88.6 Å². The molecule has 1 rings (SSSR count).